The van der Waals surface area contributed by atoms with Crippen LogP contribution >= 0.6 is 12.2 Å². The molecule has 3 atom stereocenters. The fraction of sp³-hybridized carbons (Fsp3) is 0.556. The number of rotatable bonds is 4. The second kappa shape index (κ2) is 8.97. The average molecular weight is 462 g/mol. The summed E-state index contributed by atoms with van der Waals surface area (Å²) in [6.07, 6.45) is 9.02. The van der Waals surface area contributed by atoms with E-state index in [1.54, 1.807) is 5.56 Å². The Hall–Kier alpha value is -2.02. The molecule has 2 saturated heterocycles. The first kappa shape index (κ1) is 21.5. The highest BCUT2D eigenvalue weighted by atomic mass is 32.1. The summed E-state index contributed by atoms with van der Waals surface area (Å²) in [5.41, 5.74) is 7.24. The summed E-state index contributed by atoms with van der Waals surface area (Å²) in [7, 11) is 2.29. The highest BCUT2D eigenvalue weighted by Crippen LogP contribution is 2.35. The maximum atomic E-state index is 5.59. The van der Waals surface area contributed by atoms with Gasteiger partial charge in [0, 0.05) is 56.7 Å². The van der Waals surface area contributed by atoms with Gasteiger partial charge in [-0.3, -0.25) is 9.88 Å². The van der Waals surface area contributed by atoms with Gasteiger partial charge in [-0.2, -0.15) is 0 Å². The van der Waals surface area contributed by atoms with Crippen molar-refractivity contribution in [2.75, 3.05) is 38.1 Å². The van der Waals surface area contributed by atoms with Gasteiger partial charge in [-0.25, -0.2) is 0 Å². The first-order valence-electron chi connectivity index (χ1n) is 12.7. The summed E-state index contributed by atoms with van der Waals surface area (Å²) in [6.45, 7) is 5.29. The van der Waals surface area contributed by atoms with E-state index in [0.717, 1.165) is 45.6 Å². The molecule has 4 aliphatic rings. The number of piperazine rings is 1. The Morgan fingerprint density at radius 2 is 2.03 bits per heavy atom. The molecule has 1 aromatic heterocycles. The normalized spacial score (nSPS) is 26.8. The number of fused-ring (bicyclic) bond motifs is 3. The molecule has 0 amide bonds. The number of pyridine rings is 1. The molecule has 0 saturated carbocycles. The van der Waals surface area contributed by atoms with Crippen LogP contribution in [-0.4, -0.2) is 65.1 Å². The van der Waals surface area contributed by atoms with Gasteiger partial charge in [0.05, 0.1) is 16.7 Å². The number of thiocarbonyl (C=S) groups is 1. The lowest BCUT2D eigenvalue weighted by molar-refractivity contribution is 0.191. The molecule has 0 radical (unpaired) electrons. The van der Waals surface area contributed by atoms with E-state index < -0.39 is 0 Å². The molecule has 0 unspecified atom stereocenters. The molecule has 174 valence electrons. The zero-order chi connectivity index (χ0) is 22.4. The number of benzene rings is 1. The van der Waals surface area contributed by atoms with E-state index in [4.69, 9.17) is 17.2 Å². The zero-order valence-corrected chi connectivity index (χ0v) is 20.5. The maximum Gasteiger partial charge on any atom is 0.0783 e. The van der Waals surface area contributed by atoms with Crippen molar-refractivity contribution in [3.63, 3.8) is 0 Å². The van der Waals surface area contributed by atoms with Crippen LogP contribution in [0.2, 0.25) is 0 Å². The largest absolute Gasteiger partial charge is 0.367 e. The molecule has 1 N–H and O–H groups in total. The molecule has 2 aromatic rings. The van der Waals surface area contributed by atoms with E-state index in [0.29, 0.717) is 18.1 Å². The standard InChI is InChI=1S/C27H35N5S/c1-30(25-9-2-5-19-7-4-12-28-27(19)25)17-21-15-23-20(16-29-21)6-3-8-24(23)31-13-14-32-22(18-31)10-11-26(32)33/h3-4,6-8,12,21-22,25,29H,2,5,9-11,13-18H2,1H3/t21-,22+,25+/m1/s1. The maximum absolute atomic E-state index is 5.59. The first-order chi connectivity index (χ1) is 16.2. The summed E-state index contributed by atoms with van der Waals surface area (Å²) in [5.74, 6) is 0. The molecular formula is C27H35N5S. The van der Waals surface area contributed by atoms with E-state index in [-0.39, 0.29) is 0 Å². The second-order valence-corrected chi connectivity index (χ2v) is 10.8. The molecule has 6 rings (SSSR count). The topological polar surface area (TPSA) is 34.6 Å². The van der Waals surface area contributed by atoms with E-state index in [9.17, 15) is 0 Å². The van der Waals surface area contributed by atoms with Gasteiger partial charge >= 0.3 is 0 Å². The molecule has 5 nitrogen and oxygen atoms in total. The number of hydrogen-bond acceptors (Lipinski definition) is 5. The molecule has 4 heterocycles. The van der Waals surface area contributed by atoms with Crippen molar-refractivity contribution in [3.05, 3.63) is 58.9 Å². The molecule has 0 bridgehead atoms. The Balaban J connectivity index is 1.18. The van der Waals surface area contributed by atoms with Crippen LogP contribution in [0.1, 0.15) is 54.1 Å². The molecule has 3 aliphatic heterocycles. The summed E-state index contributed by atoms with van der Waals surface area (Å²) in [6, 6.07) is 12.8. The highest BCUT2D eigenvalue weighted by molar-refractivity contribution is 7.80. The number of aromatic nitrogens is 1. The van der Waals surface area contributed by atoms with Crippen molar-refractivity contribution in [3.8, 4) is 0 Å². The smallest absolute Gasteiger partial charge is 0.0783 e. The fourth-order valence-corrected chi connectivity index (χ4v) is 6.95. The monoisotopic (exact) mass is 461 g/mol. The van der Waals surface area contributed by atoms with Gasteiger partial charge in [0.25, 0.3) is 0 Å². The summed E-state index contributed by atoms with van der Waals surface area (Å²) in [5, 5.41) is 3.84. The number of anilines is 1. The van der Waals surface area contributed by atoms with Gasteiger partial charge in [-0.15, -0.1) is 0 Å². The van der Waals surface area contributed by atoms with Crippen LogP contribution in [-0.2, 0) is 19.4 Å². The van der Waals surface area contributed by atoms with Crippen molar-refractivity contribution in [2.24, 2.45) is 0 Å². The Morgan fingerprint density at radius 1 is 1.12 bits per heavy atom. The summed E-state index contributed by atoms with van der Waals surface area (Å²) >= 11 is 5.59. The quantitative estimate of drug-likeness (QED) is 0.699. The van der Waals surface area contributed by atoms with Gasteiger partial charge in [0.15, 0.2) is 0 Å². The van der Waals surface area contributed by atoms with Gasteiger partial charge in [-0.1, -0.05) is 30.4 Å². The first-order valence-corrected chi connectivity index (χ1v) is 13.1. The molecule has 0 spiro atoms. The van der Waals surface area contributed by atoms with Crippen LogP contribution in [0.4, 0.5) is 5.69 Å². The van der Waals surface area contributed by atoms with Gasteiger partial charge < -0.3 is 15.1 Å². The number of hydrogen-bond donors (Lipinski definition) is 1. The molecular weight excluding hydrogens is 426 g/mol. The molecule has 33 heavy (non-hydrogen) atoms. The lowest BCUT2D eigenvalue weighted by Crippen LogP contribution is -2.52. The lowest BCUT2D eigenvalue weighted by atomic mass is 9.89. The Morgan fingerprint density at radius 3 is 2.97 bits per heavy atom. The van der Waals surface area contributed by atoms with Crippen LogP contribution in [0, 0.1) is 0 Å². The van der Waals surface area contributed by atoms with E-state index in [2.05, 4.69) is 57.4 Å². The van der Waals surface area contributed by atoms with Crippen LogP contribution < -0.4 is 10.2 Å². The van der Waals surface area contributed by atoms with E-state index in [1.165, 1.54) is 53.2 Å². The van der Waals surface area contributed by atoms with E-state index >= 15 is 0 Å². The van der Waals surface area contributed by atoms with Gasteiger partial charge in [0.2, 0.25) is 0 Å². The molecule has 6 heteroatoms. The van der Waals surface area contributed by atoms with Crippen LogP contribution in [0.5, 0.6) is 0 Å². The predicted molar refractivity (Wildman–Crippen MR) is 138 cm³/mol. The third-order valence-electron chi connectivity index (χ3n) is 8.32. The van der Waals surface area contributed by atoms with Crippen LogP contribution in [0.25, 0.3) is 0 Å². The highest BCUT2D eigenvalue weighted by Gasteiger charge is 2.35. The van der Waals surface area contributed by atoms with Crippen molar-refractivity contribution in [2.45, 2.75) is 63.2 Å². The Bertz CT molecular complexity index is 1040. The SMILES string of the molecule is CN(C[C@H]1Cc2c(cccc2N2CCN3C(=S)CC[C@H]3C2)CN1)[C@H]1CCCc2cccnc21. The number of aryl methyl sites for hydroxylation is 1. The van der Waals surface area contributed by atoms with Crippen molar-refractivity contribution in [1.82, 2.24) is 20.1 Å². The minimum Gasteiger partial charge on any atom is -0.367 e. The van der Waals surface area contributed by atoms with Gasteiger partial charge in [0.1, 0.15) is 0 Å². The third-order valence-corrected chi connectivity index (χ3v) is 8.76. The van der Waals surface area contributed by atoms with Crippen LogP contribution in [0.3, 0.4) is 0 Å². The lowest BCUT2D eigenvalue weighted by Gasteiger charge is -2.42. The number of likely N-dealkylation sites (N-methyl/N-ethyl adjacent to an activating group) is 1. The minimum atomic E-state index is 0.438. The average Bonchev–Trinajstić information content (AvgIpc) is 3.23. The second-order valence-electron chi connectivity index (χ2n) is 10.3. The number of nitrogens with zero attached hydrogens (tertiary/aromatic N) is 4. The van der Waals surface area contributed by atoms with Crippen molar-refractivity contribution < 1.29 is 0 Å². The Kier molecular flexibility index (Phi) is 5.85. The third kappa shape index (κ3) is 4.07. The summed E-state index contributed by atoms with van der Waals surface area (Å²) in [4.78, 5) is 13.6. The van der Waals surface area contributed by atoms with Crippen molar-refractivity contribution >= 4 is 22.9 Å². The zero-order valence-electron chi connectivity index (χ0n) is 19.7. The van der Waals surface area contributed by atoms with E-state index in [1.807, 2.05) is 6.20 Å². The van der Waals surface area contributed by atoms with Gasteiger partial charge in [-0.05, 0) is 74.4 Å². The Labute approximate surface area is 203 Å². The minimum absolute atomic E-state index is 0.438. The molecule has 2 fully saturated rings. The number of nitrogens with one attached hydrogen (secondary N) is 1. The molecule has 1 aliphatic carbocycles. The predicted octanol–water partition coefficient (Wildman–Crippen LogP) is 3.72. The van der Waals surface area contributed by atoms with Crippen molar-refractivity contribution in [1.29, 1.82) is 0 Å². The summed E-state index contributed by atoms with van der Waals surface area (Å²) < 4.78 is 0. The fourth-order valence-electron chi connectivity index (χ4n) is 6.59. The molecule has 1 aromatic carbocycles. The van der Waals surface area contributed by atoms with Crippen LogP contribution in [0.15, 0.2) is 36.5 Å².